The Bertz CT molecular complexity index is 1480. The molecule has 6 nitrogen and oxygen atoms in total. The van der Waals surface area contributed by atoms with Crippen molar-refractivity contribution in [3.63, 3.8) is 0 Å². The maximum atomic E-state index is 6.46. The lowest BCUT2D eigenvalue weighted by Gasteiger charge is -2.21. The van der Waals surface area contributed by atoms with Crippen LogP contribution >= 0.6 is 35.3 Å². The van der Waals surface area contributed by atoms with Crippen LogP contribution < -0.4 is 14.2 Å². The van der Waals surface area contributed by atoms with E-state index in [2.05, 4.69) is 54.6 Å². The van der Waals surface area contributed by atoms with Gasteiger partial charge in [-0.3, -0.25) is 0 Å². The molecule has 0 radical (unpaired) electrons. The average Bonchev–Trinajstić information content (AvgIpc) is 3.07. The number of fused-ring (bicyclic) bond motifs is 12. The Morgan fingerprint density at radius 3 is 0.771 bits per heavy atom. The largest absolute Gasteiger partial charge is 0.496 e. The van der Waals surface area contributed by atoms with Gasteiger partial charge >= 0.3 is 0 Å². The molecule has 48 heavy (non-hydrogen) atoms. The second kappa shape index (κ2) is 15.8. The van der Waals surface area contributed by atoms with Crippen LogP contribution in [-0.4, -0.2) is 21.3 Å². The fraction of sp³-hybridized carbons (Fsp3) is 0.385. The van der Waals surface area contributed by atoms with Crippen molar-refractivity contribution in [2.24, 2.45) is 0 Å². The van der Waals surface area contributed by atoms with E-state index in [0.29, 0.717) is 39.6 Å². The van der Waals surface area contributed by atoms with Gasteiger partial charge in [0.15, 0.2) is 0 Å². The predicted octanol–water partition coefficient (Wildman–Crippen LogP) is 9.10. The summed E-state index contributed by atoms with van der Waals surface area (Å²) < 4.78 is 37.5. The summed E-state index contributed by atoms with van der Waals surface area (Å²) in [5.41, 5.74) is 13.9. The molecule has 4 aromatic carbocycles. The van der Waals surface area contributed by atoms with Gasteiger partial charge < -0.3 is 28.4 Å². The van der Waals surface area contributed by atoms with Gasteiger partial charge in [-0.05, 0) is 69.8 Å². The van der Waals surface area contributed by atoms with Crippen LogP contribution in [0.1, 0.15) is 66.8 Å². The standard InChI is InChI=1S/C39H42O6S3/c1-40-37-31-7-28-8-32(37)14-44-16-34-10-30-12-36(39(34)42-3)18-45-17-35-11-29(9-33(15-43-13-31)38(35)41-2)23-47-20-26-4-25(19-46-22-28)5-27(6-26)21-48-24-30/h4-12H,13-24H2,1-3H3. The third-order valence-corrected chi connectivity index (χ3v) is 12.0. The maximum Gasteiger partial charge on any atom is 0.129 e. The van der Waals surface area contributed by atoms with Gasteiger partial charge in [0, 0.05) is 67.9 Å². The molecular formula is C39H42O6S3. The van der Waals surface area contributed by atoms with Crippen LogP contribution in [0.15, 0.2) is 54.6 Å². The molecule has 0 fully saturated rings. The highest BCUT2D eigenvalue weighted by atomic mass is 32.2. The molecule has 252 valence electrons. The first kappa shape index (κ1) is 33.7. The summed E-state index contributed by atoms with van der Waals surface area (Å²) in [5, 5.41) is 0. The minimum Gasteiger partial charge on any atom is -0.496 e. The first-order valence-corrected chi connectivity index (χ1v) is 19.7. The van der Waals surface area contributed by atoms with Gasteiger partial charge in [-0.2, -0.15) is 35.3 Å². The van der Waals surface area contributed by atoms with Crippen LogP contribution in [-0.2, 0) is 88.4 Å². The van der Waals surface area contributed by atoms with Gasteiger partial charge in [-0.15, -0.1) is 0 Å². The van der Waals surface area contributed by atoms with E-state index < -0.39 is 0 Å². The number of ether oxygens (including phenoxy) is 6. The van der Waals surface area contributed by atoms with Gasteiger partial charge in [-0.1, -0.05) is 18.2 Å². The molecule has 4 aromatic rings. The maximum absolute atomic E-state index is 6.46. The summed E-state index contributed by atoms with van der Waals surface area (Å²) >= 11 is 5.84. The second-order valence-corrected chi connectivity index (χ2v) is 15.4. The van der Waals surface area contributed by atoms with E-state index in [4.69, 9.17) is 28.4 Å². The molecular weight excluding hydrogens is 661 g/mol. The van der Waals surface area contributed by atoms with Crippen molar-refractivity contribution < 1.29 is 28.4 Å². The van der Waals surface area contributed by atoms with Crippen LogP contribution in [0.5, 0.6) is 17.2 Å². The van der Waals surface area contributed by atoms with Crippen LogP contribution in [0.25, 0.3) is 0 Å². The van der Waals surface area contributed by atoms with E-state index in [1.165, 1.54) is 33.4 Å². The normalized spacial score (nSPS) is 16.8. The fourth-order valence-corrected chi connectivity index (χ4v) is 9.64. The van der Waals surface area contributed by atoms with Crippen molar-refractivity contribution in [1.29, 1.82) is 0 Å². The first-order chi connectivity index (χ1) is 23.6. The molecule has 4 heterocycles. The van der Waals surface area contributed by atoms with E-state index in [0.717, 1.165) is 85.1 Å². The van der Waals surface area contributed by atoms with E-state index in [1.54, 1.807) is 21.3 Å². The van der Waals surface area contributed by atoms with Crippen molar-refractivity contribution >= 4 is 35.3 Å². The topological polar surface area (TPSA) is 55.4 Å². The van der Waals surface area contributed by atoms with E-state index in [1.807, 2.05) is 35.3 Å². The smallest absolute Gasteiger partial charge is 0.129 e. The SMILES string of the molecule is COc1c2cc3cc1COCc1cc4cc(c1OC)COCc1cc(cc(c1OC)COC2)CSCc1cc(cc(c1)CSC4)CSC3. The highest BCUT2D eigenvalue weighted by Crippen LogP contribution is 2.36. The Labute approximate surface area is 296 Å². The van der Waals surface area contributed by atoms with Gasteiger partial charge in [-0.25, -0.2) is 0 Å². The van der Waals surface area contributed by atoms with Crippen molar-refractivity contribution in [3.8, 4) is 17.2 Å². The zero-order valence-corrected chi connectivity index (χ0v) is 30.3. The van der Waals surface area contributed by atoms with E-state index >= 15 is 0 Å². The quantitative estimate of drug-likeness (QED) is 0.208. The summed E-state index contributed by atoms with van der Waals surface area (Å²) in [6.07, 6.45) is 0. The minimum atomic E-state index is 0.408. The molecule has 8 rings (SSSR count). The molecule has 0 aliphatic carbocycles. The second-order valence-electron chi connectivity index (χ2n) is 12.5. The lowest BCUT2D eigenvalue weighted by atomic mass is 10.0. The van der Waals surface area contributed by atoms with E-state index in [-0.39, 0.29) is 0 Å². The van der Waals surface area contributed by atoms with Gasteiger partial charge in [0.2, 0.25) is 0 Å². The molecule has 0 unspecified atom stereocenters. The number of rotatable bonds is 3. The van der Waals surface area contributed by atoms with Gasteiger partial charge in [0.1, 0.15) is 17.2 Å². The summed E-state index contributed by atoms with van der Waals surface area (Å²) in [6, 6.07) is 20.6. The summed E-state index contributed by atoms with van der Waals surface area (Å²) in [5.74, 6) is 7.95. The van der Waals surface area contributed by atoms with Gasteiger partial charge in [0.25, 0.3) is 0 Å². The number of hydrogen-bond donors (Lipinski definition) is 0. The molecule has 12 bridgehead atoms. The van der Waals surface area contributed by atoms with Crippen LogP contribution in [0.3, 0.4) is 0 Å². The third kappa shape index (κ3) is 7.82. The zero-order valence-electron chi connectivity index (χ0n) is 27.9. The summed E-state index contributed by atoms with van der Waals surface area (Å²) in [4.78, 5) is 0. The monoisotopic (exact) mass is 702 g/mol. The Kier molecular flexibility index (Phi) is 11.1. The minimum absolute atomic E-state index is 0.408. The molecule has 0 spiro atoms. The molecule has 0 N–H and O–H groups in total. The lowest BCUT2D eigenvalue weighted by molar-refractivity contribution is 0.0926. The fourth-order valence-electron chi connectivity index (χ4n) is 6.92. The number of benzene rings is 4. The Hall–Kier alpha value is -2.79. The molecule has 0 saturated heterocycles. The number of hydrogen-bond acceptors (Lipinski definition) is 9. The molecule has 4 aliphatic rings. The van der Waals surface area contributed by atoms with Crippen molar-refractivity contribution in [1.82, 2.24) is 0 Å². The van der Waals surface area contributed by atoms with Crippen LogP contribution in [0.4, 0.5) is 0 Å². The van der Waals surface area contributed by atoms with Crippen molar-refractivity contribution in [2.45, 2.75) is 74.2 Å². The molecule has 0 amide bonds. The van der Waals surface area contributed by atoms with Gasteiger partial charge in [0.05, 0.1) is 61.0 Å². The molecule has 0 atom stereocenters. The predicted molar refractivity (Wildman–Crippen MR) is 196 cm³/mol. The number of thioether (sulfide) groups is 3. The summed E-state index contributed by atoms with van der Waals surface area (Å²) in [7, 11) is 5.20. The van der Waals surface area contributed by atoms with Crippen molar-refractivity contribution in [3.05, 3.63) is 121 Å². The Morgan fingerprint density at radius 1 is 0.354 bits per heavy atom. The van der Waals surface area contributed by atoms with Crippen LogP contribution in [0.2, 0.25) is 0 Å². The first-order valence-electron chi connectivity index (χ1n) is 16.2. The third-order valence-electron chi connectivity index (χ3n) is 8.79. The number of methoxy groups -OCH3 is 3. The van der Waals surface area contributed by atoms with E-state index in [9.17, 15) is 0 Å². The molecule has 0 aromatic heterocycles. The zero-order chi connectivity index (χ0) is 32.9. The Morgan fingerprint density at radius 2 is 0.562 bits per heavy atom. The Balaban J connectivity index is 1.43. The highest BCUT2D eigenvalue weighted by Gasteiger charge is 2.19. The summed E-state index contributed by atoms with van der Waals surface area (Å²) in [6.45, 7) is 2.45. The average molecular weight is 703 g/mol. The highest BCUT2D eigenvalue weighted by molar-refractivity contribution is 7.98. The molecule has 9 heteroatoms. The molecule has 0 saturated carbocycles. The molecule has 4 aliphatic heterocycles. The van der Waals surface area contributed by atoms with Crippen LogP contribution in [0, 0.1) is 0 Å². The lowest BCUT2D eigenvalue weighted by Crippen LogP contribution is -2.08. The van der Waals surface area contributed by atoms with Crippen molar-refractivity contribution in [2.75, 3.05) is 21.3 Å².